The topological polar surface area (TPSA) is 284 Å². The Labute approximate surface area is 712 Å². The van der Waals surface area contributed by atoms with Crippen LogP contribution in [0.2, 0.25) is 128 Å². The first-order chi connectivity index (χ1) is 54.9. The van der Waals surface area contributed by atoms with Gasteiger partial charge in [-0.3, -0.25) is 0 Å². The molecule has 646 valence electrons. The van der Waals surface area contributed by atoms with E-state index in [4.69, 9.17) is 66.7 Å². The number of carbonyl (C=O) groups is 5. The molecular weight excluding hydrogens is 1710 g/mol. The quantitative estimate of drug-likeness (QED) is 0.0140. The van der Waals surface area contributed by atoms with E-state index in [0.717, 1.165) is 69.4 Å². The number of esters is 5. The maximum atomic E-state index is 13.2. The summed E-state index contributed by atoms with van der Waals surface area (Å²) in [5, 5.41) is 29.7. The Hall–Kier alpha value is -8.11. The second-order valence-electron chi connectivity index (χ2n) is 33.2. The van der Waals surface area contributed by atoms with E-state index in [1.807, 2.05) is 61.5 Å². The van der Waals surface area contributed by atoms with Gasteiger partial charge in [0.1, 0.15) is 51.2 Å². The summed E-state index contributed by atoms with van der Waals surface area (Å²) in [6.45, 7) is 42.9. The van der Waals surface area contributed by atoms with Crippen molar-refractivity contribution >= 4 is 109 Å². The number of aryl methyl sites for hydroxylation is 3. The van der Waals surface area contributed by atoms with Crippen LogP contribution in [0.4, 0.5) is 0 Å². The van der Waals surface area contributed by atoms with E-state index >= 15 is 0 Å². The summed E-state index contributed by atoms with van der Waals surface area (Å²) >= 11 is 0.323. The van der Waals surface area contributed by atoms with E-state index < -0.39 is 64.2 Å². The molecule has 30 heteroatoms. The fourth-order valence-electron chi connectivity index (χ4n) is 10.2. The third kappa shape index (κ3) is 40.5. The van der Waals surface area contributed by atoms with Crippen LogP contribution in [0.5, 0.6) is 57.5 Å². The van der Waals surface area contributed by atoms with Gasteiger partial charge in [-0.15, -0.1) is 0 Å². The normalized spacial score (nSPS) is 11.2. The molecule has 7 aromatic carbocycles. The maximum absolute atomic E-state index is 13.2. The number of benzene rings is 7. The zero-order valence-electron chi connectivity index (χ0n) is 73.5. The molecule has 7 aromatic rings. The van der Waals surface area contributed by atoms with Gasteiger partial charge >= 0.3 is 413 Å². The molecule has 3 N–H and O–H groups in total. The predicted octanol–water partition coefficient (Wildman–Crippen LogP) is 17.0. The van der Waals surface area contributed by atoms with Crippen LogP contribution in [0.1, 0.15) is 79.6 Å². The number of phenols is 3. The molecule has 0 atom stereocenters. The summed E-state index contributed by atoms with van der Waals surface area (Å²) in [6.07, 6.45) is 0. The van der Waals surface area contributed by atoms with Gasteiger partial charge < -0.3 is 48.5 Å². The van der Waals surface area contributed by atoms with Crippen LogP contribution < -0.4 is 42.1 Å². The van der Waals surface area contributed by atoms with E-state index in [9.17, 15) is 34.2 Å². The fraction of sp³-hybridized carbons (Fsp3) is 0.460. The first-order valence-electron chi connectivity index (χ1n) is 38.5. The molecule has 0 aromatic heterocycles. The van der Waals surface area contributed by atoms with Gasteiger partial charge in [0.2, 0.25) is 0 Å². The SMILES string of the molecule is COC(=O)c1c(C)cc(O)cc1O.COC(=O)c1c(C)cc(OCC[Si](C)(C)C)cc1O.COCOc1cc(OCC[Si](C)(C)C)cc(C)c1C(=O)OC.COCOc1cc(OCC[Si](C)(C)C)cc(C[Se]c2ccccc2)c1C(=O)OC.COCOc1cc(OCC[Si](C)(C)C)cc(C[Se]c2ccccc2)c1C(=O)OCC[Si](C)(C)C. The molecule has 7 rings (SSSR count). The summed E-state index contributed by atoms with van der Waals surface area (Å²) in [4.78, 5) is 60.3. The first-order valence-corrected chi connectivity index (χ1v) is 61.2. The van der Waals surface area contributed by atoms with Gasteiger partial charge in [0.25, 0.3) is 0 Å². The van der Waals surface area contributed by atoms with Gasteiger partial charge in [0, 0.05) is 41.5 Å². The Balaban J connectivity index is 0.000000391. The standard InChI is InChI=1S/C26H40O5SeSi2.C22H30O5SeSi.C16H26O5Si.C14H22O4Si.C9H10O4/c1-28-20-31-24-18-22(29-13-15-33(2,3)4)17-21(19-32-23-11-9-8-10-12-23)25(24)26(27)30-14-16-34(5,6)7;1-24-16-27-20-14-18(26-11-12-29(3,4)5)13-17(21(20)22(23)25-2)15-28-19-9-7-6-8-10-19;1-12-9-13(20-7-8-22(4,5)6)10-14(21-11-18-2)15(12)16(17)19-3;1-10-8-11(18-6-7-19(3,4)5)9-12(15)13(10)14(16)17-2;1-5-3-6(10)4-7(11)8(5)9(12)13-2/h8-12,17-18H,13-16,19-20H2,1-7H3;6-10,13-14H,11-12,15-16H2,1-5H3;9-10H,7-8,11H2,1-6H3;8-9,15H,6-7H2,1-5H3;3-4,10-11H,1-2H3. The van der Waals surface area contributed by atoms with Crippen LogP contribution in [0.15, 0.2) is 121 Å². The number of rotatable bonds is 39. The van der Waals surface area contributed by atoms with Crippen molar-refractivity contribution in [3.8, 4) is 57.5 Å². The molecule has 0 radical (unpaired) electrons. The molecule has 0 amide bonds. The molecule has 0 aliphatic heterocycles. The number of methoxy groups -OCH3 is 7. The molecule has 0 aliphatic rings. The molecule has 0 unspecified atom stereocenters. The van der Waals surface area contributed by atoms with Crippen molar-refractivity contribution in [2.75, 3.05) is 103 Å². The van der Waals surface area contributed by atoms with E-state index in [1.165, 1.54) is 56.6 Å². The second kappa shape index (κ2) is 51.4. The molecule has 0 saturated heterocycles. The van der Waals surface area contributed by atoms with Gasteiger partial charge in [-0.25, -0.2) is 14.4 Å². The number of phenolic OH excluding ortho intramolecular Hbond substituents is 3. The number of ether oxygens (including phenoxy) is 15. The van der Waals surface area contributed by atoms with Gasteiger partial charge in [-0.05, 0) is 67.7 Å². The number of hydrogen-bond acceptors (Lipinski definition) is 23. The monoisotopic (exact) mass is 1840 g/mol. The Morgan fingerprint density at radius 1 is 0.316 bits per heavy atom. The van der Waals surface area contributed by atoms with Crippen molar-refractivity contribution in [3.05, 3.63) is 177 Å². The molecule has 0 fully saturated rings. The summed E-state index contributed by atoms with van der Waals surface area (Å²) in [6, 6.07) is 42.5. The van der Waals surface area contributed by atoms with Crippen molar-refractivity contribution in [1.82, 2.24) is 0 Å². The van der Waals surface area contributed by atoms with Crippen molar-refractivity contribution in [1.29, 1.82) is 0 Å². The van der Waals surface area contributed by atoms with Crippen molar-refractivity contribution < 1.29 is 110 Å². The molecule has 0 spiro atoms. The molecule has 0 heterocycles. The second-order valence-corrected chi connectivity index (χ2v) is 65.7. The first kappa shape index (κ1) is 103. The van der Waals surface area contributed by atoms with Crippen molar-refractivity contribution in [2.24, 2.45) is 0 Å². The summed E-state index contributed by atoms with van der Waals surface area (Å²) in [5.41, 5.74) is 5.26. The minimum absolute atomic E-state index is 0.0472. The molecule has 117 heavy (non-hydrogen) atoms. The van der Waals surface area contributed by atoms with Crippen molar-refractivity contribution in [2.45, 2.75) is 160 Å². The minimum atomic E-state index is -1.31. The van der Waals surface area contributed by atoms with Crippen LogP contribution in [0, 0.1) is 20.8 Å². The average Bonchev–Trinajstić information content (AvgIpc) is 0.779. The number of carbonyl (C=O) groups excluding carboxylic acids is 5. The van der Waals surface area contributed by atoms with E-state index in [0.29, 0.717) is 95.3 Å². The summed E-state index contributed by atoms with van der Waals surface area (Å²) in [7, 11) is 3.88. The van der Waals surface area contributed by atoms with E-state index in [2.05, 4.69) is 132 Å². The summed E-state index contributed by atoms with van der Waals surface area (Å²) in [5.74, 6) is 1.22. The predicted molar refractivity (Wildman–Crippen MR) is 478 cm³/mol. The molecule has 0 aliphatic carbocycles. The van der Waals surface area contributed by atoms with Crippen LogP contribution in [0.3, 0.4) is 0 Å². The van der Waals surface area contributed by atoms with Crippen LogP contribution in [-0.2, 0) is 48.5 Å². The Kier molecular flexibility index (Phi) is 45.3. The molecule has 0 saturated carbocycles. The van der Waals surface area contributed by atoms with Gasteiger partial charge in [-0.2, -0.15) is 0 Å². The van der Waals surface area contributed by atoms with Crippen molar-refractivity contribution in [3.63, 3.8) is 0 Å². The molecule has 0 bridgehead atoms. The summed E-state index contributed by atoms with van der Waals surface area (Å²) < 4.78 is 82.9. The average molecular weight is 1840 g/mol. The fourth-order valence-corrected chi connectivity index (χ4v) is 17.6. The third-order valence-corrected chi connectivity index (χ3v) is 29.7. The zero-order valence-corrected chi connectivity index (χ0v) is 81.9. The van der Waals surface area contributed by atoms with E-state index in [1.54, 1.807) is 52.3 Å². The van der Waals surface area contributed by atoms with Gasteiger partial charge in [0.05, 0.1) is 34.5 Å². The van der Waals surface area contributed by atoms with Crippen LogP contribution >= 0.6 is 0 Å². The number of aromatic hydroxyl groups is 3. The Morgan fingerprint density at radius 2 is 0.598 bits per heavy atom. The molecule has 23 nitrogen and oxygen atoms in total. The van der Waals surface area contributed by atoms with Gasteiger partial charge in [0.15, 0.2) is 6.79 Å². The van der Waals surface area contributed by atoms with E-state index in [-0.39, 0.29) is 84.6 Å². The molecular formula is C87H128O23Se2Si5. The number of hydrogen-bond donors (Lipinski definition) is 3. The Bertz CT molecular complexity index is 4180. The Morgan fingerprint density at radius 3 is 0.923 bits per heavy atom. The van der Waals surface area contributed by atoms with Gasteiger partial charge in [-0.1, -0.05) is 39.3 Å². The van der Waals surface area contributed by atoms with Crippen LogP contribution in [-0.4, -0.2) is 219 Å². The zero-order chi connectivity index (χ0) is 87.9. The van der Waals surface area contributed by atoms with Crippen LogP contribution in [0.25, 0.3) is 0 Å². The third-order valence-electron chi connectivity index (χ3n) is 16.8.